The summed E-state index contributed by atoms with van der Waals surface area (Å²) in [4.78, 5) is 1.22. The normalized spacial score (nSPS) is 10.6. The van der Waals surface area contributed by atoms with Crippen LogP contribution in [0.1, 0.15) is 20.8 Å². The Morgan fingerprint density at radius 3 is 2.33 bits per heavy atom. The summed E-state index contributed by atoms with van der Waals surface area (Å²) in [6.45, 7) is 6.62. The van der Waals surface area contributed by atoms with Crippen molar-refractivity contribution >= 4 is 11.8 Å². The molecule has 0 aliphatic rings. The van der Waals surface area contributed by atoms with Crippen LogP contribution in [0.5, 0.6) is 0 Å². The van der Waals surface area contributed by atoms with Gasteiger partial charge >= 0.3 is 18.9 Å². The predicted molar refractivity (Wildman–Crippen MR) is 50.9 cm³/mol. The summed E-state index contributed by atoms with van der Waals surface area (Å²) in [6, 6.07) is 11.3. The van der Waals surface area contributed by atoms with Gasteiger partial charge in [-0.2, -0.15) is 30.3 Å². The summed E-state index contributed by atoms with van der Waals surface area (Å²) in [5.41, 5.74) is 0. The molecule has 0 heterocycles. The first-order chi connectivity index (χ1) is 5.08. The minimum absolute atomic E-state index is 0. The van der Waals surface area contributed by atoms with E-state index in [2.05, 4.69) is 32.9 Å². The molecule has 0 nitrogen and oxygen atoms in total. The van der Waals surface area contributed by atoms with Crippen molar-refractivity contribution in [1.29, 1.82) is 0 Å². The van der Waals surface area contributed by atoms with Crippen molar-refractivity contribution in [2.75, 3.05) is 0 Å². The summed E-state index contributed by atoms with van der Waals surface area (Å²) in [7, 11) is 0. The Bertz CT molecular complexity index is 213. The van der Waals surface area contributed by atoms with Crippen molar-refractivity contribution in [2.24, 2.45) is 0 Å². The maximum absolute atomic E-state index is 3.19. The molecule has 1 rings (SSSR count). The van der Waals surface area contributed by atoms with Crippen molar-refractivity contribution in [3.8, 4) is 0 Å². The number of rotatable bonds is 1. The summed E-state index contributed by atoms with van der Waals surface area (Å²) in [5.74, 6) is 0. The van der Waals surface area contributed by atoms with E-state index in [-0.39, 0.29) is 23.6 Å². The zero-order chi connectivity index (χ0) is 8.32. The molecule has 1 aromatic rings. The number of thioether (sulfide) groups is 1. The minimum atomic E-state index is 0. The molecule has 0 saturated heterocycles. The molecule has 60 valence electrons. The van der Waals surface area contributed by atoms with E-state index >= 15 is 0 Å². The second-order valence-electron chi connectivity index (χ2n) is 3.44. The van der Waals surface area contributed by atoms with Crippen LogP contribution in [-0.2, 0) is 0 Å². The van der Waals surface area contributed by atoms with Crippen LogP contribution < -0.4 is 18.9 Å². The van der Waals surface area contributed by atoms with E-state index in [1.807, 2.05) is 30.0 Å². The van der Waals surface area contributed by atoms with Crippen LogP contribution >= 0.6 is 11.8 Å². The van der Waals surface area contributed by atoms with Gasteiger partial charge in [0.05, 0.1) is 0 Å². The van der Waals surface area contributed by atoms with Gasteiger partial charge in [0.1, 0.15) is 0 Å². The Balaban J connectivity index is 0.00000121. The summed E-state index contributed by atoms with van der Waals surface area (Å²) < 4.78 is 0.290. The molecule has 0 atom stereocenters. The molecule has 0 aliphatic carbocycles. The Hall–Kier alpha value is 0.167. The van der Waals surface area contributed by atoms with Gasteiger partial charge in [-0.15, -0.1) is 16.7 Å². The van der Waals surface area contributed by atoms with Gasteiger partial charge in [0.15, 0.2) is 0 Å². The van der Waals surface area contributed by atoms with Crippen molar-refractivity contribution in [3.05, 3.63) is 30.3 Å². The molecule has 0 spiro atoms. The zero-order valence-electron chi connectivity index (χ0n) is 8.22. The van der Waals surface area contributed by atoms with E-state index in [0.29, 0.717) is 0 Å². The van der Waals surface area contributed by atoms with Crippen molar-refractivity contribution in [3.63, 3.8) is 0 Å². The molecule has 0 aliphatic heterocycles. The molecular weight excluding hydrogens is 159 g/mol. The molecule has 0 aromatic heterocycles. The van der Waals surface area contributed by atoms with Crippen LogP contribution in [0.25, 0.3) is 0 Å². The molecule has 0 unspecified atom stereocenters. The molecule has 0 fully saturated rings. The smallest absolute Gasteiger partial charge is 0.176 e. The van der Waals surface area contributed by atoms with Gasteiger partial charge in [0.2, 0.25) is 0 Å². The average Bonchev–Trinajstić information content (AvgIpc) is 1.85. The van der Waals surface area contributed by atoms with Crippen LogP contribution in [-0.4, -0.2) is 4.75 Å². The van der Waals surface area contributed by atoms with Crippen molar-refractivity contribution in [2.45, 2.75) is 30.4 Å². The quantitative estimate of drug-likeness (QED) is 0.335. The molecule has 0 radical (unpaired) electrons. The van der Waals surface area contributed by atoms with Gasteiger partial charge in [-0.25, -0.2) is 0 Å². The summed E-state index contributed by atoms with van der Waals surface area (Å²) in [5, 5.41) is 0. The molecule has 0 bridgehead atoms. The molecule has 0 N–H and O–H groups in total. The van der Waals surface area contributed by atoms with Crippen molar-refractivity contribution < 1.29 is 18.9 Å². The van der Waals surface area contributed by atoms with Crippen LogP contribution in [0.3, 0.4) is 0 Å². The van der Waals surface area contributed by atoms with Crippen molar-refractivity contribution in [1.82, 2.24) is 0 Å². The largest absolute Gasteiger partial charge is 1.00 e. The van der Waals surface area contributed by atoms with Gasteiger partial charge < -0.3 is 0 Å². The van der Waals surface area contributed by atoms with Crippen LogP contribution in [0.2, 0.25) is 0 Å². The predicted octanol–water partition coefficient (Wildman–Crippen LogP) is 0.381. The van der Waals surface area contributed by atoms with E-state index in [1.54, 1.807) is 0 Å². The second kappa shape index (κ2) is 5.02. The first kappa shape index (κ1) is 12.2. The third-order valence-electron chi connectivity index (χ3n) is 1.10. The third kappa shape index (κ3) is 4.93. The Labute approximate surface area is 91.3 Å². The fraction of sp³-hybridized carbons (Fsp3) is 0.400. The van der Waals surface area contributed by atoms with Crippen LogP contribution in [0.4, 0.5) is 0 Å². The molecule has 2 heteroatoms. The maximum atomic E-state index is 3.19. The van der Waals surface area contributed by atoms with Gasteiger partial charge in [-0.05, 0) is 0 Å². The molecule has 0 saturated carbocycles. The maximum Gasteiger partial charge on any atom is 1.00 e. The first-order valence-corrected chi connectivity index (χ1v) is 4.55. The van der Waals surface area contributed by atoms with Gasteiger partial charge in [0.25, 0.3) is 0 Å². The number of benzene rings is 1. The monoisotopic (exact) mass is 172 g/mol. The van der Waals surface area contributed by atoms with Gasteiger partial charge in [0, 0.05) is 4.75 Å². The van der Waals surface area contributed by atoms with Gasteiger partial charge in [-0.1, -0.05) is 20.8 Å². The number of hydrogen-bond acceptors (Lipinski definition) is 1. The Morgan fingerprint density at radius 1 is 1.25 bits per heavy atom. The molecule has 0 amide bonds. The molecule has 1 aromatic carbocycles. The zero-order valence-corrected chi connectivity index (χ0v) is 9.03. The SMILES string of the molecule is CC(C)(C)Sc1[c-]cccc1.[Li+]. The Morgan fingerprint density at radius 2 is 1.92 bits per heavy atom. The first-order valence-electron chi connectivity index (χ1n) is 3.74. The van der Waals surface area contributed by atoms with Crippen LogP contribution in [0.15, 0.2) is 29.2 Å². The average molecular weight is 172 g/mol. The van der Waals surface area contributed by atoms with E-state index in [4.69, 9.17) is 0 Å². The summed E-state index contributed by atoms with van der Waals surface area (Å²) in [6.07, 6.45) is 0. The molecular formula is C10H13LiS. The Kier molecular flexibility index (Phi) is 5.09. The van der Waals surface area contributed by atoms with E-state index in [0.717, 1.165) is 0 Å². The minimum Gasteiger partial charge on any atom is -0.176 e. The fourth-order valence-corrected chi connectivity index (χ4v) is 1.70. The van der Waals surface area contributed by atoms with Gasteiger partial charge in [-0.3, -0.25) is 0 Å². The fourth-order valence-electron chi connectivity index (χ4n) is 0.770. The number of hydrogen-bond donors (Lipinski definition) is 0. The van der Waals surface area contributed by atoms with Crippen LogP contribution in [0, 0.1) is 6.07 Å². The molecule has 12 heavy (non-hydrogen) atoms. The van der Waals surface area contributed by atoms with E-state index < -0.39 is 0 Å². The van der Waals surface area contributed by atoms with E-state index in [9.17, 15) is 0 Å². The summed E-state index contributed by atoms with van der Waals surface area (Å²) >= 11 is 1.85. The van der Waals surface area contributed by atoms with E-state index in [1.165, 1.54) is 4.90 Å². The topological polar surface area (TPSA) is 0 Å². The standard InChI is InChI=1S/C10H13S.Li/c1-10(2,3)11-9-7-5-4-6-8-9;/h4-7H,1-3H3;/q-1;+1. The third-order valence-corrected chi connectivity index (χ3v) is 2.18. The second-order valence-corrected chi connectivity index (χ2v) is 5.31.